The molecule has 1 aromatic heterocycles. The third-order valence-electron chi connectivity index (χ3n) is 1.64. The van der Waals surface area contributed by atoms with Crippen LogP contribution in [0.1, 0.15) is 17.4 Å². The molecular formula is C9H10N4. The number of hydrogen-bond acceptors (Lipinski definition) is 4. The fourth-order valence-electron chi connectivity index (χ4n) is 0.927. The molecule has 0 aromatic carbocycles. The Balaban J connectivity index is 3.20. The highest BCUT2D eigenvalue weighted by atomic mass is 14.8. The van der Waals surface area contributed by atoms with Crippen molar-refractivity contribution in [2.45, 2.75) is 6.04 Å². The Bertz CT molecular complexity index is 364. The van der Waals surface area contributed by atoms with Crippen molar-refractivity contribution in [1.82, 2.24) is 4.98 Å². The minimum atomic E-state index is -0.423. The average molecular weight is 174 g/mol. The first kappa shape index (κ1) is 9.23. The second kappa shape index (κ2) is 3.70. The monoisotopic (exact) mass is 174 g/mol. The molecule has 0 bridgehead atoms. The number of aromatic nitrogens is 1. The first-order valence-electron chi connectivity index (χ1n) is 3.73. The summed E-state index contributed by atoms with van der Waals surface area (Å²) in [5.74, 6) is 0. The van der Waals surface area contributed by atoms with Crippen LogP contribution in [-0.4, -0.2) is 4.98 Å². The fourth-order valence-corrected chi connectivity index (χ4v) is 0.927. The number of nitrogen functional groups attached to an aromatic ring is 1. The molecule has 0 aliphatic carbocycles. The number of rotatable bonds is 2. The summed E-state index contributed by atoms with van der Waals surface area (Å²) in [5, 5.41) is 8.59. The van der Waals surface area contributed by atoms with Gasteiger partial charge < -0.3 is 11.5 Å². The lowest BCUT2D eigenvalue weighted by atomic mass is 10.1. The van der Waals surface area contributed by atoms with Crippen LogP contribution in [0.15, 0.2) is 24.8 Å². The summed E-state index contributed by atoms with van der Waals surface area (Å²) in [6, 6.07) is 4.66. The number of nitrogens with zero attached hydrogens (tertiary/aromatic N) is 2. The highest BCUT2D eigenvalue weighted by molar-refractivity contribution is 5.47. The molecule has 0 saturated heterocycles. The summed E-state index contributed by atoms with van der Waals surface area (Å²) in [7, 11) is 0. The van der Waals surface area contributed by atoms with E-state index >= 15 is 0 Å². The van der Waals surface area contributed by atoms with Crippen LogP contribution >= 0.6 is 0 Å². The van der Waals surface area contributed by atoms with Gasteiger partial charge in [-0.15, -0.1) is 6.58 Å². The number of hydrogen-bond donors (Lipinski definition) is 2. The van der Waals surface area contributed by atoms with E-state index in [9.17, 15) is 0 Å². The number of nitriles is 1. The SMILES string of the molecule is C=C[C@@H](N)c1nc(C#N)ccc1N. The summed E-state index contributed by atoms with van der Waals surface area (Å²) in [6.07, 6.45) is 1.53. The number of anilines is 1. The second-order valence-electron chi connectivity index (χ2n) is 2.54. The summed E-state index contributed by atoms with van der Waals surface area (Å²) in [5.41, 5.74) is 12.5. The minimum Gasteiger partial charge on any atom is -0.397 e. The van der Waals surface area contributed by atoms with Crippen molar-refractivity contribution < 1.29 is 0 Å². The maximum Gasteiger partial charge on any atom is 0.141 e. The lowest BCUT2D eigenvalue weighted by Crippen LogP contribution is -2.12. The summed E-state index contributed by atoms with van der Waals surface area (Å²) < 4.78 is 0. The van der Waals surface area contributed by atoms with Crippen molar-refractivity contribution in [2.24, 2.45) is 5.73 Å². The molecule has 0 saturated carbocycles. The van der Waals surface area contributed by atoms with Gasteiger partial charge >= 0.3 is 0 Å². The maximum atomic E-state index is 8.59. The molecule has 4 N–H and O–H groups in total. The quantitative estimate of drug-likeness (QED) is 0.646. The van der Waals surface area contributed by atoms with E-state index < -0.39 is 6.04 Å². The zero-order chi connectivity index (χ0) is 9.84. The maximum absolute atomic E-state index is 8.59. The van der Waals surface area contributed by atoms with E-state index in [2.05, 4.69) is 11.6 Å². The van der Waals surface area contributed by atoms with E-state index in [4.69, 9.17) is 16.7 Å². The Morgan fingerprint density at radius 1 is 1.62 bits per heavy atom. The van der Waals surface area contributed by atoms with Gasteiger partial charge in [-0.05, 0) is 12.1 Å². The van der Waals surface area contributed by atoms with Gasteiger partial charge in [-0.2, -0.15) is 5.26 Å². The Morgan fingerprint density at radius 3 is 2.85 bits per heavy atom. The zero-order valence-electron chi connectivity index (χ0n) is 7.07. The summed E-state index contributed by atoms with van der Waals surface area (Å²) in [6.45, 7) is 3.53. The molecule has 0 fully saturated rings. The molecule has 1 atom stereocenters. The third-order valence-corrected chi connectivity index (χ3v) is 1.64. The summed E-state index contributed by atoms with van der Waals surface area (Å²) >= 11 is 0. The van der Waals surface area contributed by atoms with E-state index in [1.54, 1.807) is 12.1 Å². The first-order valence-corrected chi connectivity index (χ1v) is 3.73. The van der Waals surface area contributed by atoms with E-state index in [0.717, 1.165) is 0 Å². The van der Waals surface area contributed by atoms with Gasteiger partial charge in [0.2, 0.25) is 0 Å². The number of nitrogens with two attached hydrogens (primary N) is 2. The highest BCUT2D eigenvalue weighted by Crippen LogP contribution is 2.16. The lowest BCUT2D eigenvalue weighted by Gasteiger charge is -2.08. The Kier molecular flexibility index (Phi) is 2.62. The fraction of sp³-hybridized carbons (Fsp3) is 0.111. The second-order valence-corrected chi connectivity index (χ2v) is 2.54. The molecule has 0 amide bonds. The molecule has 0 radical (unpaired) electrons. The molecule has 66 valence electrons. The van der Waals surface area contributed by atoms with Crippen LogP contribution in [0, 0.1) is 11.3 Å². The van der Waals surface area contributed by atoms with Crippen LogP contribution in [0.4, 0.5) is 5.69 Å². The Hall–Kier alpha value is -1.86. The molecule has 1 aromatic rings. The number of pyridine rings is 1. The van der Waals surface area contributed by atoms with Crippen LogP contribution in [0.3, 0.4) is 0 Å². The van der Waals surface area contributed by atoms with E-state index in [1.165, 1.54) is 6.08 Å². The van der Waals surface area contributed by atoms with Crippen LogP contribution in [0.2, 0.25) is 0 Å². The van der Waals surface area contributed by atoms with Crippen LogP contribution < -0.4 is 11.5 Å². The van der Waals surface area contributed by atoms with Crippen molar-refractivity contribution in [3.63, 3.8) is 0 Å². The van der Waals surface area contributed by atoms with Gasteiger partial charge in [0.25, 0.3) is 0 Å². The van der Waals surface area contributed by atoms with Crippen molar-refractivity contribution in [3.8, 4) is 6.07 Å². The largest absolute Gasteiger partial charge is 0.397 e. The smallest absolute Gasteiger partial charge is 0.141 e. The molecule has 0 aliphatic rings. The molecule has 0 spiro atoms. The standard InChI is InChI=1S/C9H10N4/c1-2-7(11)9-8(12)4-3-6(5-10)13-9/h2-4,7H,1,11-12H2/t7-/m1/s1. The minimum absolute atomic E-state index is 0.307. The molecule has 13 heavy (non-hydrogen) atoms. The molecular weight excluding hydrogens is 164 g/mol. The van der Waals surface area contributed by atoms with Crippen LogP contribution in [-0.2, 0) is 0 Å². The predicted octanol–water partition coefficient (Wildman–Crippen LogP) is 0.721. The van der Waals surface area contributed by atoms with E-state index in [-0.39, 0.29) is 0 Å². The van der Waals surface area contributed by atoms with Crippen LogP contribution in [0.25, 0.3) is 0 Å². The average Bonchev–Trinajstić information content (AvgIpc) is 2.17. The van der Waals surface area contributed by atoms with Gasteiger partial charge in [-0.1, -0.05) is 6.08 Å². The Labute approximate surface area is 76.5 Å². The lowest BCUT2D eigenvalue weighted by molar-refractivity contribution is 0.865. The van der Waals surface area contributed by atoms with Crippen molar-refractivity contribution in [1.29, 1.82) is 5.26 Å². The van der Waals surface area contributed by atoms with Crippen LogP contribution in [0.5, 0.6) is 0 Å². The molecule has 1 rings (SSSR count). The molecule has 4 heteroatoms. The topological polar surface area (TPSA) is 88.7 Å². The van der Waals surface area contributed by atoms with Gasteiger partial charge in [0.15, 0.2) is 0 Å². The third kappa shape index (κ3) is 1.83. The van der Waals surface area contributed by atoms with Gasteiger partial charge in [-0.25, -0.2) is 4.98 Å². The first-order chi connectivity index (χ1) is 6.19. The highest BCUT2D eigenvalue weighted by Gasteiger charge is 2.08. The van der Waals surface area contributed by atoms with Gasteiger partial charge in [0.1, 0.15) is 11.8 Å². The van der Waals surface area contributed by atoms with Crippen molar-refractivity contribution >= 4 is 5.69 Å². The normalized spacial score (nSPS) is 11.7. The molecule has 0 aliphatic heterocycles. The Morgan fingerprint density at radius 2 is 2.31 bits per heavy atom. The van der Waals surface area contributed by atoms with Crippen molar-refractivity contribution in [3.05, 3.63) is 36.2 Å². The summed E-state index contributed by atoms with van der Waals surface area (Å²) in [4.78, 5) is 3.98. The van der Waals surface area contributed by atoms with E-state index in [0.29, 0.717) is 17.1 Å². The van der Waals surface area contributed by atoms with Gasteiger partial charge in [-0.3, -0.25) is 0 Å². The van der Waals surface area contributed by atoms with Crippen molar-refractivity contribution in [2.75, 3.05) is 5.73 Å². The van der Waals surface area contributed by atoms with Gasteiger partial charge in [0, 0.05) is 0 Å². The molecule has 1 heterocycles. The zero-order valence-corrected chi connectivity index (χ0v) is 7.07. The molecule has 0 unspecified atom stereocenters. The van der Waals surface area contributed by atoms with E-state index in [1.807, 2.05) is 6.07 Å². The predicted molar refractivity (Wildman–Crippen MR) is 50.5 cm³/mol. The van der Waals surface area contributed by atoms with Gasteiger partial charge in [0.05, 0.1) is 17.4 Å². The molecule has 4 nitrogen and oxygen atoms in total.